The summed E-state index contributed by atoms with van der Waals surface area (Å²) in [5, 5.41) is 2.81. The van der Waals surface area contributed by atoms with E-state index in [9.17, 15) is 18.0 Å². The van der Waals surface area contributed by atoms with Crippen LogP contribution in [0.15, 0.2) is 18.2 Å². The minimum absolute atomic E-state index is 0.0473. The Morgan fingerprint density at radius 1 is 1.27 bits per heavy atom. The standard InChI is InChI=1S/C19H25F3N2O2/c1-2-23-18(25)12-24-9-7-14(8-10-24)16-6-4-13-3-5-15(11-17(13)16)26-19(20,21)22/h3,5,11,14,16H,2,4,6-10,12H2,1H3,(H,23,25). The van der Waals surface area contributed by atoms with E-state index >= 15 is 0 Å². The number of piperidine rings is 1. The lowest BCUT2D eigenvalue weighted by Crippen LogP contribution is -2.42. The van der Waals surface area contributed by atoms with E-state index in [1.54, 1.807) is 12.1 Å². The Balaban J connectivity index is 1.61. The number of nitrogens with zero attached hydrogens (tertiary/aromatic N) is 1. The summed E-state index contributed by atoms with van der Waals surface area (Å²) in [6, 6.07) is 4.74. The molecule has 1 unspecified atom stereocenters. The zero-order valence-corrected chi connectivity index (χ0v) is 14.9. The molecule has 1 aliphatic carbocycles. The van der Waals surface area contributed by atoms with Gasteiger partial charge in [0.25, 0.3) is 0 Å². The molecule has 1 aliphatic heterocycles. The summed E-state index contributed by atoms with van der Waals surface area (Å²) in [5.74, 6) is 0.652. The van der Waals surface area contributed by atoms with Crippen molar-refractivity contribution in [3.63, 3.8) is 0 Å². The molecule has 144 valence electrons. The molecule has 26 heavy (non-hydrogen) atoms. The topological polar surface area (TPSA) is 41.6 Å². The maximum atomic E-state index is 12.5. The Labute approximate surface area is 151 Å². The number of hydrogen-bond acceptors (Lipinski definition) is 3. The fraction of sp³-hybridized carbons (Fsp3) is 0.632. The average molecular weight is 370 g/mol. The molecule has 3 rings (SSSR count). The fourth-order valence-corrected chi connectivity index (χ4v) is 4.27. The number of amides is 1. The summed E-state index contributed by atoms with van der Waals surface area (Å²) in [4.78, 5) is 13.9. The van der Waals surface area contributed by atoms with E-state index in [-0.39, 0.29) is 17.6 Å². The molecule has 1 saturated heterocycles. The summed E-state index contributed by atoms with van der Waals surface area (Å²) in [5.41, 5.74) is 2.14. The van der Waals surface area contributed by atoms with Crippen LogP contribution < -0.4 is 10.1 Å². The predicted octanol–water partition coefficient (Wildman–Crippen LogP) is 3.46. The number of likely N-dealkylation sites (tertiary alicyclic amines) is 1. The van der Waals surface area contributed by atoms with Crippen molar-refractivity contribution in [1.29, 1.82) is 0 Å². The van der Waals surface area contributed by atoms with E-state index in [4.69, 9.17) is 0 Å². The Bertz CT molecular complexity index is 640. The molecule has 1 atom stereocenters. The van der Waals surface area contributed by atoms with E-state index in [1.165, 1.54) is 6.07 Å². The molecule has 4 nitrogen and oxygen atoms in total. The van der Waals surface area contributed by atoms with Gasteiger partial charge in [0.15, 0.2) is 0 Å². The van der Waals surface area contributed by atoms with Crippen LogP contribution in [0.5, 0.6) is 5.75 Å². The maximum Gasteiger partial charge on any atom is 0.573 e. The Hall–Kier alpha value is -1.76. The van der Waals surface area contributed by atoms with Crippen molar-refractivity contribution in [2.75, 3.05) is 26.2 Å². The molecule has 1 amide bonds. The summed E-state index contributed by atoms with van der Waals surface area (Å²) < 4.78 is 41.6. The van der Waals surface area contributed by atoms with Crippen molar-refractivity contribution in [3.8, 4) is 5.75 Å². The number of carbonyl (C=O) groups excluding carboxylic acids is 1. The van der Waals surface area contributed by atoms with Gasteiger partial charge in [0.05, 0.1) is 6.54 Å². The highest BCUT2D eigenvalue weighted by molar-refractivity contribution is 5.77. The second-order valence-electron chi connectivity index (χ2n) is 7.12. The Kier molecular flexibility index (Phi) is 5.75. The molecule has 0 radical (unpaired) electrons. The lowest BCUT2D eigenvalue weighted by molar-refractivity contribution is -0.274. The third kappa shape index (κ3) is 4.69. The highest BCUT2D eigenvalue weighted by Gasteiger charge is 2.35. The molecule has 1 fully saturated rings. The smallest absolute Gasteiger partial charge is 0.406 e. The minimum atomic E-state index is -4.66. The number of aryl methyl sites for hydroxylation is 1. The van der Waals surface area contributed by atoms with Gasteiger partial charge in [-0.05, 0) is 80.8 Å². The van der Waals surface area contributed by atoms with Gasteiger partial charge in [0, 0.05) is 6.54 Å². The number of benzene rings is 1. The molecule has 1 N–H and O–H groups in total. The number of rotatable bonds is 5. The number of carbonyl (C=O) groups is 1. The van der Waals surface area contributed by atoms with Crippen LogP contribution in [0.3, 0.4) is 0 Å². The zero-order chi connectivity index (χ0) is 18.7. The first-order valence-corrected chi connectivity index (χ1v) is 9.23. The Morgan fingerprint density at radius 3 is 2.65 bits per heavy atom. The molecular weight excluding hydrogens is 345 g/mol. The van der Waals surface area contributed by atoms with Crippen molar-refractivity contribution in [2.45, 2.75) is 44.9 Å². The molecule has 0 bridgehead atoms. The quantitative estimate of drug-likeness (QED) is 0.863. The van der Waals surface area contributed by atoms with E-state index in [0.29, 0.717) is 19.0 Å². The molecule has 2 aliphatic rings. The lowest BCUT2D eigenvalue weighted by Gasteiger charge is -2.34. The SMILES string of the molecule is CCNC(=O)CN1CCC(C2CCc3ccc(OC(F)(F)F)cc32)CC1. The third-order valence-corrected chi connectivity index (χ3v) is 5.42. The van der Waals surface area contributed by atoms with Gasteiger partial charge in [-0.3, -0.25) is 9.69 Å². The van der Waals surface area contributed by atoms with Crippen molar-refractivity contribution in [2.24, 2.45) is 5.92 Å². The lowest BCUT2D eigenvalue weighted by atomic mass is 9.81. The van der Waals surface area contributed by atoms with Crippen LogP contribution in [0.4, 0.5) is 13.2 Å². The molecule has 1 heterocycles. The second kappa shape index (κ2) is 7.86. The van der Waals surface area contributed by atoms with Gasteiger partial charge in [0.1, 0.15) is 5.75 Å². The number of alkyl halides is 3. The van der Waals surface area contributed by atoms with Gasteiger partial charge < -0.3 is 10.1 Å². The van der Waals surface area contributed by atoms with Gasteiger partial charge in [-0.15, -0.1) is 13.2 Å². The number of likely N-dealkylation sites (N-methyl/N-ethyl adjacent to an activating group) is 1. The van der Waals surface area contributed by atoms with Crippen LogP contribution in [0.25, 0.3) is 0 Å². The van der Waals surface area contributed by atoms with Gasteiger partial charge in [0.2, 0.25) is 5.91 Å². The number of halogens is 3. The van der Waals surface area contributed by atoms with E-state index in [0.717, 1.165) is 49.9 Å². The number of nitrogens with one attached hydrogen (secondary N) is 1. The first-order valence-electron chi connectivity index (χ1n) is 9.23. The van der Waals surface area contributed by atoms with Crippen molar-refractivity contribution in [1.82, 2.24) is 10.2 Å². The van der Waals surface area contributed by atoms with Crippen molar-refractivity contribution < 1.29 is 22.7 Å². The molecule has 7 heteroatoms. The number of fused-ring (bicyclic) bond motifs is 1. The largest absolute Gasteiger partial charge is 0.573 e. The molecular formula is C19H25F3N2O2. The maximum absolute atomic E-state index is 12.5. The predicted molar refractivity (Wildman–Crippen MR) is 92.0 cm³/mol. The van der Waals surface area contributed by atoms with E-state index < -0.39 is 6.36 Å². The van der Waals surface area contributed by atoms with E-state index in [2.05, 4.69) is 15.0 Å². The van der Waals surface area contributed by atoms with Crippen LogP contribution in [0, 0.1) is 5.92 Å². The zero-order valence-electron chi connectivity index (χ0n) is 14.9. The molecule has 0 spiro atoms. The van der Waals surface area contributed by atoms with Crippen molar-refractivity contribution in [3.05, 3.63) is 29.3 Å². The normalized spacial score (nSPS) is 21.5. The molecule has 1 aromatic rings. The minimum Gasteiger partial charge on any atom is -0.406 e. The van der Waals surface area contributed by atoms with Crippen LogP contribution >= 0.6 is 0 Å². The van der Waals surface area contributed by atoms with Gasteiger partial charge in [-0.1, -0.05) is 6.07 Å². The molecule has 0 aromatic heterocycles. The first kappa shape index (κ1) is 19.0. The molecule has 1 aromatic carbocycles. The third-order valence-electron chi connectivity index (χ3n) is 5.42. The summed E-state index contributed by atoms with van der Waals surface area (Å²) in [6.45, 7) is 4.67. The van der Waals surface area contributed by atoms with Crippen molar-refractivity contribution >= 4 is 5.91 Å². The van der Waals surface area contributed by atoms with Gasteiger partial charge >= 0.3 is 6.36 Å². The van der Waals surface area contributed by atoms with Crippen LogP contribution in [-0.4, -0.2) is 43.3 Å². The Morgan fingerprint density at radius 2 is 2.00 bits per heavy atom. The average Bonchev–Trinajstić information content (AvgIpc) is 2.97. The second-order valence-corrected chi connectivity index (χ2v) is 7.12. The fourth-order valence-electron chi connectivity index (χ4n) is 4.27. The van der Waals surface area contributed by atoms with Crippen LogP contribution in [-0.2, 0) is 11.2 Å². The first-order chi connectivity index (χ1) is 12.4. The van der Waals surface area contributed by atoms with E-state index in [1.807, 2.05) is 6.92 Å². The summed E-state index contributed by atoms with van der Waals surface area (Å²) >= 11 is 0. The van der Waals surface area contributed by atoms with Crippen LogP contribution in [0.2, 0.25) is 0 Å². The molecule has 0 saturated carbocycles. The number of ether oxygens (including phenoxy) is 1. The van der Waals surface area contributed by atoms with Crippen LogP contribution in [0.1, 0.15) is 43.2 Å². The summed E-state index contributed by atoms with van der Waals surface area (Å²) in [6.07, 6.45) is -0.842. The van der Waals surface area contributed by atoms with Gasteiger partial charge in [-0.25, -0.2) is 0 Å². The monoisotopic (exact) mass is 370 g/mol. The van der Waals surface area contributed by atoms with Gasteiger partial charge in [-0.2, -0.15) is 0 Å². The summed E-state index contributed by atoms with van der Waals surface area (Å²) in [7, 11) is 0. The highest BCUT2D eigenvalue weighted by Crippen LogP contribution is 2.44. The highest BCUT2D eigenvalue weighted by atomic mass is 19.4. The number of hydrogen-bond donors (Lipinski definition) is 1.